The van der Waals surface area contributed by atoms with Gasteiger partial charge in [-0.1, -0.05) is 29.5 Å². The summed E-state index contributed by atoms with van der Waals surface area (Å²) in [6.45, 7) is 4.98. The molecule has 7 nitrogen and oxygen atoms in total. The van der Waals surface area contributed by atoms with Crippen molar-refractivity contribution in [3.05, 3.63) is 64.9 Å². The van der Waals surface area contributed by atoms with E-state index in [4.69, 9.17) is 19.0 Å². The van der Waals surface area contributed by atoms with E-state index in [1.54, 1.807) is 24.3 Å². The van der Waals surface area contributed by atoms with Crippen LogP contribution in [0.2, 0.25) is 0 Å². The highest BCUT2D eigenvalue weighted by Crippen LogP contribution is 2.45. The molecule has 10 heteroatoms. The fourth-order valence-electron chi connectivity index (χ4n) is 5.76. The first-order valence-corrected chi connectivity index (χ1v) is 15.2. The largest absolute Gasteiger partial charge is 0.462 e. The van der Waals surface area contributed by atoms with Crippen LogP contribution in [0, 0.1) is 11.6 Å². The van der Waals surface area contributed by atoms with Crippen molar-refractivity contribution < 1.29 is 27.6 Å². The molecule has 1 unspecified atom stereocenters. The molecule has 216 valence electrons. The van der Waals surface area contributed by atoms with Gasteiger partial charge < -0.3 is 18.9 Å². The number of hydrogen-bond donors (Lipinski definition) is 0. The van der Waals surface area contributed by atoms with Gasteiger partial charge in [0.2, 0.25) is 0 Å². The van der Waals surface area contributed by atoms with Crippen molar-refractivity contribution in [2.45, 2.75) is 77.0 Å². The maximum absolute atomic E-state index is 14.6. The number of aromatic nitrogens is 2. The van der Waals surface area contributed by atoms with Crippen LogP contribution in [0.4, 0.5) is 13.9 Å². The van der Waals surface area contributed by atoms with Crippen molar-refractivity contribution in [1.29, 1.82) is 0 Å². The third-order valence-electron chi connectivity index (χ3n) is 8.01. The van der Waals surface area contributed by atoms with Crippen molar-refractivity contribution >= 4 is 32.7 Å². The number of thiazole rings is 1. The van der Waals surface area contributed by atoms with E-state index in [9.17, 15) is 13.6 Å². The van der Waals surface area contributed by atoms with E-state index in [2.05, 4.69) is 17.0 Å². The molecule has 2 aliphatic rings. The molecule has 2 aromatic carbocycles. The van der Waals surface area contributed by atoms with Gasteiger partial charge in [0, 0.05) is 30.2 Å². The van der Waals surface area contributed by atoms with E-state index < -0.39 is 11.6 Å². The van der Waals surface area contributed by atoms with Crippen LogP contribution in [0.25, 0.3) is 21.5 Å². The summed E-state index contributed by atoms with van der Waals surface area (Å²) in [7, 11) is 0. The number of hydrogen-bond acceptors (Lipinski definition) is 8. The summed E-state index contributed by atoms with van der Waals surface area (Å²) >= 11 is 1.59. The summed E-state index contributed by atoms with van der Waals surface area (Å²) in [5.41, 5.74) is 2.05. The first-order chi connectivity index (χ1) is 20.0. The lowest BCUT2D eigenvalue weighted by Crippen LogP contribution is -2.36. The Labute approximate surface area is 241 Å². The fourth-order valence-corrected chi connectivity index (χ4v) is 6.91. The second kappa shape index (κ2) is 11.9. The number of benzene rings is 2. The lowest BCUT2D eigenvalue weighted by molar-refractivity contribution is 0.0526. The molecule has 4 aromatic rings. The van der Waals surface area contributed by atoms with Crippen LogP contribution < -0.4 is 4.90 Å². The molecule has 3 heterocycles. The molecule has 1 saturated heterocycles. The Kier molecular flexibility index (Phi) is 8.03. The van der Waals surface area contributed by atoms with E-state index in [0.29, 0.717) is 36.1 Å². The second-order valence-electron chi connectivity index (χ2n) is 10.7. The third kappa shape index (κ3) is 5.59. The number of anilines is 1. The van der Waals surface area contributed by atoms with Crippen LogP contribution in [0.1, 0.15) is 80.0 Å². The maximum atomic E-state index is 14.6. The van der Waals surface area contributed by atoms with Crippen LogP contribution in [0.5, 0.6) is 0 Å². The average Bonchev–Trinajstić information content (AvgIpc) is 3.39. The molecular weight excluding hydrogens is 548 g/mol. The zero-order valence-corrected chi connectivity index (χ0v) is 24.0. The highest BCUT2D eigenvalue weighted by molar-refractivity contribution is 7.22. The molecule has 1 aliphatic carbocycles. The summed E-state index contributed by atoms with van der Waals surface area (Å²) in [5.74, 6) is -0.763. The van der Waals surface area contributed by atoms with Crippen LogP contribution in [0.3, 0.4) is 0 Å². The molecule has 0 bridgehead atoms. The van der Waals surface area contributed by atoms with Crippen molar-refractivity contribution in [2.24, 2.45) is 0 Å². The molecule has 1 aliphatic heterocycles. The summed E-state index contributed by atoms with van der Waals surface area (Å²) in [4.78, 5) is 19.5. The Bertz CT molecular complexity index is 1530. The number of halogens is 2. The summed E-state index contributed by atoms with van der Waals surface area (Å²) in [6, 6.07) is 9.92. The molecule has 0 amide bonds. The highest BCUT2D eigenvalue weighted by Gasteiger charge is 2.36. The Hall–Kier alpha value is -3.37. The predicted octanol–water partition coefficient (Wildman–Crippen LogP) is 7.64. The standard InChI is InChI=1S/C31H33F2N3O4S/c1-3-20-11-12-21(36(20)31-34-25-13-10-19(16-26(25)41-31)30(37)39-4-2)14-15-38-17-22-28(35-40-29(22)18-8-9-18)27-23(32)6-5-7-24(27)33/h5-7,10,13,16,18,20-21H,3-4,8-9,11-12,14-15,17H2,1-2H3/t20?,21-/m0/s1. The van der Waals surface area contributed by atoms with E-state index >= 15 is 0 Å². The van der Waals surface area contributed by atoms with Crippen molar-refractivity contribution in [3.8, 4) is 11.3 Å². The quantitative estimate of drug-likeness (QED) is 0.133. The Balaban J connectivity index is 1.16. The molecule has 41 heavy (non-hydrogen) atoms. The Morgan fingerprint density at radius 2 is 1.88 bits per heavy atom. The number of nitrogens with zero attached hydrogens (tertiary/aromatic N) is 3. The minimum atomic E-state index is -0.667. The van der Waals surface area contributed by atoms with Crippen molar-refractivity contribution in [3.63, 3.8) is 0 Å². The second-order valence-corrected chi connectivity index (χ2v) is 11.7. The summed E-state index contributed by atoms with van der Waals surface area (Å²) < 4.78 is 47.0. The van der Waals surface area contributed by atoms with E-state index in [-0.39, 0.29) is 35.8 Å². The normalized spacial score (nSPS) is 18.9. The van der Waals surface area contributed by atoms with Crippen molar-refractivity contribution in [1.82, 2.24) is 10.1 Å². The van der Waals surface area contributed by atoms with Gasteiger partial charge in [-0.25, -0.2) is 18.6 Å². The van der Waals surface area contributed by atoms with Crippen LogP contribution in [0.15, 0.2) is 40.9 Å². The van der Waals surface area contributed by atoms with Gasteiger partial charge >= 0.3 is 5.97 Å². The van der Waals surface area contributed by atoms with Gasteiger partial charge in [0.25, 0.3) is 0 Å². The van der Waals surface area contributed by atoms with Crippen molar-refractivity contribution in [2.75, 3.05) is 18.1 Å². The SMILES string of the molecule is CCOC(=O)c1ccc2nc(N3C(CC)CC[C@H]3CCOCc3c(-c4c(F)cccc4F)noc3C3CC3)sc2c1. The number of carbonyl (C=O) groups excluding carboxylic acids is 1. The van der Waals surface area contributed by atoms with E-state index in [0.717, 1.165) is 53.9 Å². The molecular formula is C31H33F2N3O4S. The molecule has 6 rings (SSSR count). The molecule has 0 N–H and O–H groups in total. The van der Waals surface area contributed by atoms with Gasteiger partial charge in [0.1, 0.15) is 23.1 Å². The van der Waals surface area contributed by atoms with E-state index in [1.807, 2.05) is 12.1 Å². The first kappa shape index (κ1) is 27.8. The number of fused-ring (bicyclic) bond motifs is 1. The minimum absolute atomic E-state index is 0.170. The van der Waals surface area contributed by atoms with Crippen LogP contribution in [-0.2, 0) is 16.1 Å². The Morgan fingerprint density at radius 3 is 2.61 bits per heavy atom. The van der Waals surface area contributed by atoms with Crippen LogP contribution in [-0.4, -0.2) is 41.4 Å². The minimum Gasteiger partial charge on any atom is -0.462 e. The van der Waals surface area contributed by atoms with Gasteiger partial charge in [-0.05, 0) is 75.8 Å². The predicted molar refractivity (Wildman–Crippen MR) is 153 cm³/mol. The summed E-state index contributed by atoms with van der Waals surface area (Å²) in [5, 5.41) is 5.01. The summed E-state index contributed by atoms with van der Waals surface area (Å²) in [6.07, 6.45) is 5.83. The maximum Gasteiger partial charge on any atom is 0.338 e. The Morgan fingerprint density at radius 1 is 1.10 bits per heavy atom. The third-order valence-corrected chi connectivity index (χ3v) is 9.04. The number of esters is 1. The number of ether oxygens (including phenoxy) is 2. The lowest BCUT2D eigenvalue weighted by atomic mass is 10.0. The molecule has 1 saturated carbocycles. The van der Waals surface area contributed by atoms with E-state index in [1.165, 1.54) is 18.2 Å². The fraction of sp³-hybridized carbons (Fsp3) is 0.452. The van der Waals surface area contributed by atoms with Gasteiger partial charge in [0.15, 0.2) is 5.13 Å². The van der Waals surface area contributed by atoms with Gasteiger partial charge in [-0.3, -0.25) is 0 Å². The first-order valence-electron chi connectivity index (χ1n) is 14.3. The van der Waals surface area contributed by atoms with Gasteiger partial charge in [-0.2, -0.15) is 0 Å². The molecule has 2 fully saturated rings. The average molecular weight is 582 g/mol. The lowest BCUT2D eigenvalue weighted by Gasteiger charge is -2.29. The zero-order valence-electron chi connectivity index (χ0n) is 23.2. The topological polar surface area (TPSA) is 77.7 Å². The van der Waals surface area contributed by atoms with Crippen LogP contribution >= 0.6 is 11.3 Å². The monoisotopic (exact) mass is 581 g/mol. The van der Waals surface area contributed by atoms with Gasteiger partial charge in [0.05, 0.1) is 34.6 Å². The van der Waals surface area contributed by atoms with Gasteiger partial charge in [-0.15, -0.1) is 0 Å². The number of carbonyl (C=O) groups is 1. The smallest absolute Gasteiger partial charge is 0.338 e. The highest BCUT2D eigenvalue weighted by atomic mass is 32.1. The number of rotatable bonds is 11. The molecule has 0 radical (unpaired) electrons. The molecule has 0 spiro atoms. The molecule has 2 atom stereocenters. The molecule has 2 aromatic heterocycles. The zero-order chi connectivity index (χ0) is 28.5.